The van der Waals surface area contributed by atoms with Gasteiger partial charge in [-0.25, -0.2) is 9.48 Å². The van der Waals surface area contributed by atoms with E-state index in [1.165, 1.54) is 6.20 Å². The van der Waals surface area contributed by atoms with E-state index in [1.807, 2.05) is 31.2 Å². The SMILES string of the molecule is Cc1ccccc1-n1cc(C(=O)N[C@@H](C(=O)O)C(C)C)cn1. The number of hydrogen-bond acceptors (Lipinski definition) is 3. The standard InChI is InChI=1S/C16H19N3O3/c1-10(2)14(16(21)22)18-15(20)12-8-17-19(9-12)13-7-5-4-6-11(13)3/h4-10,14H,1-3H3,(H,18,20)(H,21,22)/t14-/m1/s1. The summed E-state index contributed by atoms with van der Waals surface area (Å²) in [5.74, 6) is -1.69. The van der Waals surface area contributed by atoms with Gasteiger partial charge in [0, 0.05) is 6.20 Å². The number of aliphatic carboxylic acids is 1. The maximum Gasteiger partial charge on any atom is 0.326 e. The largest absolute Gasteiger partial charge is 0.480 e. The van der Waals surface area contributed by atoms with Crippen LogP contribution in [0.3, 0.4) is 0 Å². The van der Waals surface area contributed by atoms with Gasteiger partial charge in [-0.15, -0.1) is 0 Å². The normalized spacial score (nSPS) is 12.2. The third-order valence-corrected chi connectivity index (χ3v) is 3.43. The van der Waals surface area contributed by atoms with Gasteiger partial charge in [-0.3, -0.25) is 4.79 Å². The van der Waals surface area contributed by atoms with Crippen molar-refractivity contribution in [3.05, 3.63) is 47.8 Å². The van der Waals surface area contributed by atoms with Gasteiger partial charge in [0.15, 0.2) is 0 Å². The number of amides is 1. The molecule has 0 aliphatic rings. The molecule has 22 heavy (non-hydrogen) atoms. The molecule has 0 spiro atoms. The van der Waals surface area contributed by atoms with Crippen LogP contribution in [0, 0.1) is 12.8 Å². The van der Waals surface area contributed by atoms with Crippen molar-refractivity contribution in [3.8, 4) is 5.69 Å². The van der Waals surface area contributed by atoms with Gasteiger partial charge in [0.25, 0.3) is 5.91 Å². The minimum atomic E-state index is -1.05. The molecular formula is C16H19N3O3. The Morgan fingerprint density at radius 3 is 2.55 bits per heavy atom. The van der Waals surface area contributed by atoms with Crippen LogP contribution in [0.1, 0.15) is 29.8 Å². The number of carboxylic acid groups (broad SMARTS) is 1. The topological polar surface area (TPSA) is 84.2 Å². The summed E-state index contributed by atoms with van der Waals surface area (Å²) in [6.07, 6.45) is 3.03. The highest BCUT2D eigenvalue weighted by atomic mass is 16.4. The maximum atomic E-state index is 12.2. The average molecular weight is 301 g/mol. The van der Waals surface area contributed by atoms with Crippen molar-refractivity contribution >= 4 is 11.9 Å². The predicted octanol–water partition coefficient (Wildman–Crippen LogP) is 2.02. The van der Waals surface area contributed by atoms with Crippen LogP contribution < -0.4 is 5.32 Å². The summed E-state index contributed by atoms with van der Waals surface area (Å²) in [7, 11) is 0. The maximum absolute atomic E-state index is 12.2. The van der Waals surface area contributed by atoms with Crippen LogP contribution >= 0.6 is 0 Å². The number of carbonyl (C=O) groups is 2. The van der Waals surface area contributed by atoms with Crippen LogP contribution in [0.4, 0.5) is 0 Å². The number of para-hydroxylation sites is 1. The molecule has 116 valence electrons. The molecule has 1 atom stereocenters. The van der Waals surface area contributed by atoms with Crippen molar-refractivity contribution < 1.29 is 14.7 Å². The zero-order chi connectivity index (χ0) is 16.3. The number of benzene rings is 1. The molecule has 6 heteroatoms. The van der Waals surface area contributed by atoms with E-state index in [0.717, 1.165) is 11.3 Å². The van der Waals surface area contributed by atoms with Crippen molar-refractivity contribution in [2.75, 3.05) is 0 Å². The number of aryl methyl sites for hydroxylation is 1. The zero-order valence-electron chi connectivity index (χ0n) is 12.8. The molecule has 6 nitrogen and oxygen atoms in total. The summed E-state index contributed by atoms with van der Waals surface area (Å²) in [6, 6.07) is 6.75. The van der Waals surface area contributed by atoms with Gasteiger partial charge in [-0.1, -0.05) is 32.0 Å². The van der Waals surface area contributed by atoms with Crippen molar-refractivity contribution in [2.24, 2.45) is 5.92 Å². The molecule has 0 aliphatic carbocycles. The smallest absolute Gasteiger partial charge is 0.326 e. The molecule has 0 fully saturated rings. The van der Waals surface area contributed by atoms with Gasteiger partial charge in [0.2, 0.25) is 0 Å². The number of carbonyl (C=O) groups excluding carboxylic acids is 1. The Kier molecular flexibility index (Phi) is 4.60. The summed E-state index contributed by atoms with van der Waals surface area (Å²) < 4.78 is 1.61. The van der Waals surface area contributed by atoms with Gasteiger partial charge in [-0.05, 0) is 24.5 Å². The highest BCUT2D eigenvalue weighted by molar-refractivity contribution is 5.96. The average Bonchev–Trinajstić information content (AvgIpc) is 2.94. The van der Waals surface area contributed by atoms with E-state index in [-0.39, 0.29) is 5.92 Å². The van der Waals surface area contributed by atoms with E-state index < -0.39 is 17.9 Å². The van der Waals surface area contributed by atoms with E-state index in [0.29, 0.717) is 5.56 Å². The van der Waals surface area contributed by atoms with E-state index >= 15 is 0 Å². The zero-order valence-corrected chi connectivity index (χ0v) is 12.8. The third-order valence-electron chi connectivity index (χ3n) is 3.43. The Morgan fingerprint density at radius 1 is 1.27 bits per heavy atom. The van der Waals surface area contributed by atoms with Crippen LogP contribution in [0.25, 0.3) is 5.69 Å². The fourth-order valence-electron chi connectivity index (χ4n) is 2.13. The van der Waals surface area contributed by atoms with Crippen LogP contribution in [0.15, 0.2) is 36.7 Å². The lowest BCUT2D eigenvalue weighted by Crippen LogP contribution is -2.44. The Bertz CT molecular complexity index is 691. The molecule has 0 aliphatic heterocycles. The molecule has 0 unspecified atom stereocenters. The van der Waals surface area contributed by atoms with E-state index in [1.54, 1.807) is 24.7 Å². The number of rotatable bonds is 5. The first-order valence-corrected chi connectivity index (χ1v) is 7.04. The first-order valence-electron chi connectivity index (χ1n) is 7.04. The van der Waals surface area contributed by atoms with Crippen molar-refractivity contribution in [3.63, 3.8) is 0 Å². The van der Waals surface area contributed by atoms with Gasteiger partial charge in [0.1, 0.15) is 6.04 Å². The molecule has 2 rings (SSSR count). The van der Waals surface area contributed by atoms with Crippen molar-refractivity contribution in [1.82, 2.24) is 15.1 Å². The van der Waals surface area contributed by atoms with Crippen LogP contribution in [-0.2, 0) is 4.79 Å². The second-order valence-electron chi connectivity index (χ2n) is 5.49. The van der Waals surface area contributed by atoms with Crippen molar-refractivity contribution in [2.45, 2.75) is 26.8 Å². The van der Waals surface area contributed by atoms with Gasteiger partial charge < -0.3 is 10.4 Å². The van der Waals surface area contributed by atoms with Gasteiger partial charge in [0.05, 0.1) is 17.4 Å². The fourth-order valence-corrected chi connectivity index (χ4v) is 2.13. The Morgan fingerprint density at radius 2 is 1.95 bits per heavy atom. The van der Waals surface area contributed by atoms with Crippen LogP contribution in [0.5, 0.6) is 0 Å². The van der Waals surface area contributed by atoms with Crippen molar-refractivity contribution in [1.29, 1.82) is 0 Å². The van der Waals surface area contributed by atoms with E-state index in [9.17, 15) is 9.59 Å². The Hall–Kier alpha value is -2.63. The Labute approximate surface area is 128 Å². The molecule has 1 aromatic carbocycles. The molecule has 2 aromatic rings. The Balaban J connectivity index is 2.19. The second-order valence-corrected chi connectivity index (χ2v) is 5.49. The van der Waals surface area contributed by atoms with Crippen LogP contribution in [-0.4, -0.2) is 32.8 Å². The van der Waals surface area contributed by atoms with Crippen LogP contribution in [0.2, 0.25) is 0 Å². The number of nitrogens with one attached hydrogen (secondary N) is 1. The molecule has 0 saturated heterocycles. The summed E-state index contributed by atoms with van der Waals surface area (Å²) >= 11 is 0. The van der Waals surface area contributed by atoms with E-state index in [4.69, 9.17) is 5.11 Å². The fraction of sp³-hybridized carbons (Fsp3) is 0.312. The lowest BCUT2D eigenvalue weighted by Gasteiger charge is -2.17. The van der Waals surface area contributed by atoms with Gasteiger partial charge >= 0.3 is 5.97 Å². The molecule has 1 aromatic heterocycles. The summed E-state index contributed by atoms with van der Waals surface area (Å²) in [5, 5.41) is 15.8. The van der Waals surface area contributed by atoms with Gasteiger partial charge in [-0.2, -0.15) is 5.10 Å². The summed E-state index contributed by atoms with van der Waals surface area (Å²) in [6.45, 7) is 5.45. The summed E-state index contributed by atoms with van der Waals surface area (Å²) in [5.41, 5.74) is 2.23. The highest BCUT2D eigenvalue weighted by Gasteiger charge is 2.24. The first kappa shape index (κ1) is 15.8. The molecule has 1 amide bonds. The minimum absolute atomic E-state index is 0.201. The second kappa shape index (κ2) is 6.43. The number of carboxylic acids is 1. The molecule has 0 saturated carbocycles. The molecule has 0 bridgehead atoms. The number of hydrogen-bond donors (Lipinski definition) is 2. The molecular weight excluding hydrogens is 282 g/mol. The monoisotopic (exact) mass is 301 g/mol. The lowest BCUT2D eigenvalue weighted by atomic mass is 10.0. The number of aromatic nitrogens is 2. The third kappa shape index (κ3) is 3.33. The highest BCUT2D eigenvalue weighted by Crippen LogP contribution is 2.13. The predicted molar refractivity (Wildman–Crippen MR) is 82.0 cm³/mol. The number of nitrogens with zero attached hydrogens (tertiary/aromatic N) is 2. The molecule has 2 N–H and O–H groups in total. The van der Waals surface area contributed by atoms with E-state index in [2.05, 4.69) is 10.4 Å². The first-order chi connectivity index (χ1) is 10.4. The molecule has 1 heterocycles. The quantitative estimate of drug-likeness (QED) is 0.885. The summed E-state index contributed by atoms with van der Waals surface area (Å²) in [4.78, 5) is 23.3. The minimum Gasteiger partial charge on any atom is -0.480 e. The molecule has 0 radical (unpaired) electrons. The lowest BCUT2D eigenvalue weighted by molar-refractivity contribution is -0.140.